The third-order valence-corrected chi connectivity index (χ3v) is 2.90. The Balaban J connectivity index is 2.46. The van der Waals surface area contributed by atoms with E-state index in [-0.39, 0.29) is 18.4 Å². The van der Waals surface area contributed by atoms with Crippen LogP contribution in [0.3, 0.4) is 0 Å². The van der Waals surface area contributed by atoms with Gasteiger partial charge in [-0.1, -0.05) is 38.1 Å². The standard InChI is InChI=1S/C16H25NO2/c1-4-19-16(18)11-15(17)10-14-7-5-13(6-8-14)9-12(2)3/h5-8,12,15H,4,9-11,17H2,1-3H3. The fourth-order valence-electron chi connectivity index (χ4n) is 2.09. The fraction of sp³-hybridized carbons (Fsp3) is 0.562. The molecule has 0 aromatic heterocycles. The van der Waals surface area contributed by atoms with Gasteiger partial charge in [-0.25, -0.2) is 0 Å². The van der Waals surface area contributed by atoms with E-state index in [0.29, 0.717) is 18.9 Å². The molecular weight excluding hydrogens is 238 g/mol. The van der Waals surface area contributed by atoms with Crippen molar-refractivity contribution in [1.82, 2.24) is 0 Å². The second kappa shape index (κ2) is 7.95. The van der Waals surface area contributed by atoms with E-state index < -0.39 is 0 Å². The fourth-order valence-corrected chi connectivity index (χ4v) is 2.09. The Morgan fingerprint density at radius 3 is 2.16 bits per heavy atom. The Hall–Kier alpha value is -1.35. The number of nitrogens with two attached hydrogens (primary N) is 1. The summed E-state index contributed by atoms with van der Waals surface area (Å²) in [5.41, 5.74) is 8.47. The lowest BCUT2D eigenvalue weighted by atomic mass is 9.99. The molecule has 0 amide bonds. The highest BCUT2D eigenvalue weighted by molar-refractivity contribution is 5.70. The summed E-state index contributed by atoms with van der Waals surface area (Å²) in [7, 11) is 0. The second-order valence-corrected chi connectivity index (χ2v) is 5.39. The molecule has 0 bridgehead atoms. The molecule has 0 saturated carbocycles. The zero-order valence-electron chi connectivity index (χ0n) is 12.2. The topological polar surface area (TPSA) is 52.3 Å². The molecule has 1 unspecified atom stereocenters. The van der Waals surface area contributed by atoms with Crippen LogP contribution in [0.1, 0.15) is 38.3 Å². The van der Waals surface area contributed by atoms with E-state index in [4.69, 9.17) is 10.5 Å². The smallest absolute Gasteiger partial charge is 0.307 e. The monoisotopic (exact) mass is 263 g/mol. The number of hydrogen-bond donors (Lipinski definition) is 1. The number of hydrogen-bond acceptors (Lipinski definition) is 3. The minimum absolute atomic E-state index is 0.171. The largest absolute Gasteiger partial charge is 0.466 e. The maximum Gasteiger partial charge on any atom is 0.307 e. The van der Waals surface area contributed by atoms with E-state index in [0.717, 1.165) is 6.42 Å². The van der Waals surface area contributed by atoms with Crippen LogP contribution in [0.2, 0.25) is 0 Å². The van der Waals surface area contributed by atoms with Crippen LogP contribution < -0.4 is 5.73 Å². The van der Waals surface area contributed by atoms with Crippen LogP contribution in [-0.2, 0) is 22.4 Å². The van der Waals surface area contributed by atoms with E-state index >= 15 is 0 Å². The van der Waals surface area contributed by atoms with E-state index in [1.54, 1.807) is 6.92 Å². The van der Waals surface area contributed by atoms with Crippen LogP contribution in [0.4, 0.5) is 0 Å². The number of ether oxygens (including phenoxy) is 1. The van der Waals surface area contributed by atoms with Crippen molar-refractivity contribution in [2.75, 3.05) is 6.61 Å². The number of rotatable bonds is 7. The highest BCUT2D eigenvalue weighted by atomic mass is 16.5. The van der Waals surface area contributed by atoms with E-state index in [2.05, 4.69) is 38.1 Å². The zero-order chi connectivity index (χ0) is 14.3. The van der Waals surface area contributed by atoms with E-state index in [9.17, 15) is 4.79 Å². The first-order chi connectivity index (χ1) is 9.01. The zero-order valence-corrected chi connectivity index (χ0v) is 12.2. The normalized spacial score (nSPS) is 12.5. The van der Waals surface area contributed by atoms with Gasteiger partial charge >= 0.3 is 5.97 Å². The van der Waals surface area contributed by atoms with Crippen LogP contribution in [0.5, 0.6) is 0 Å². The molecule has 106 valence electrons. The first-order valence-electron chi connectivity index (χ1n) is 7.00. The van der Waals surface area contributed by atoms with Gasteiger partial charge in [0.1, 0.15) is 0 Å². The molecule has 1 atom stereocenters. The van der Waals surface area contributed by atoms with Gasteiger partial charge in [-0.3, -0.25) is 4.79 Å². The Morgan fingerprint density at radius 1 is 1.16 bits per heavy atom. The predicted octanol–water partition coefficient (Wildman–Crippen LogP) is 2.71. The molecule has 1 aromatic rings. The summed E-state index contributed by atoms with van der Waals surface area (Å²) in [5, 5.41) is 0. The van der Waals surface area contributed by atoms with Crippen molar-refractivity contribution >= 4 is 5.97 Å². The lowest BCUT2D eigenvalue weighted by Gasteiger charge is -2.12. The Labute approximate surface area is 116 Å². The molecule has 0 fully saturated rings. The summed E-state index contributed by atoms with van der Waals surface area (Å²) in [6.45, 7) is 6.64. The Bertz CT molecular complexity index is 384. The Morgan fingerprint density at radius 2 is 1.68 bits per heavy atom. The number of benzene rings is 1. The van der Waals surface area contributed by atoms with Gasteiger partial charge in [0.25, 0.3) is 0 Å². The highest BCUT2D eigenvalue weighted by Gasteiger charge is 2.11. The lowest BCUT2D eigenvalue weighted by molar-refractivity contribution is -0.143. The minimum Gasteiger partial charge on any atom is -0.466 e. The molecular formula is C16H25NO2. The molecule has 0 spiro atoms. The summed E-state index contributed by atoms with van der Waals surface area (Å²) in [6.07, 6.45) is 2.08. The maximum absolute atomic E-state index is 11.3. The molecule has 0 aliphatic rings. The number of carbonyl (C=O) groups excluding carboxylic acids is 1. The van der Waals surface area contributed by atoms with Gasteiger partial charge in [0.2, 0.25) is 0 Å². The van der Waals surface area contributed by atoms with Gasteiger partial charge in [0, 0.05) is 6.04 Å². The lowest BCUT2D eigenvalue weighted by Crippen LogP contribution is -2.27. The van der Waals surface area contributed by atoms with Crippen molar-refractivity contribution in [2.45, 2.75) is 46.1 Å². The average Bonchev–Trinajstić information content (AvgIpc) is 2.31. The molecule has 2 N–H and O–H groups in total. The average molecular weight is 263 g/mol. The van der Waals surface area contributed by atoms with Crippen molar-refractivity contribution in [1.29, 1.82) is 0 Å². The number of carbonyl (C=O) groups is 1. The summed E-state index contributed by atoms with van der Waals surface area (Å²) in [6, 6.07) is 8.32. The first-order valence-corrected chi connectivity index (χ1v) is 7.00. The molecule has 1 rings (SSSR count). The maximum atomic E-state index is 11.3. The summed E-state index contributed by atoms with van der Waals surface area (Å²) in [5.74, 6) is 0.448. The van der Waals surface area contributed by atoms with Crippen LogP contribution in [0, 0.1) is 5.92 Å². The van der Waals surface area contributed by atoms with Crippen molar-refractivity contribution in [2.24, 2.45) is 11.7 Å². The van der Waals surface area contributed by atoms with Gasteiger partial charge in [-0.15, -0.1) is 0 Å². The van der Waals surface area contributed by atoms with Crippen molar-refractivity contribution < 1.29 is 9.53 Å². The van der Waals surface area contributed by atoms with Gasteiger partial charge in [-0.2, -0.15) is 0 Å². The van der Waals surface area contributed by atoms with Crippen molar-refractivity contribution in [3.05, 3.63) is 35.4 Å². The molecule has 0 aliphatic heterocycles. The summed E-state index contributed by atoms with van der Waals surface area (Å²) < 4.78 is 4.89. The molecule has 0 saturated heterocycles. The summed E-state index contributed by atoms with van der Waals surface area (Å²) >= 11 is 0. The van der Waals surface area contributed by atoms with Crippen LogP contribution >= 0.6 is 0 Å². The van der Waals surface area contributed by atoms with Crippen LogP contribution in [0.15, 0.2) is 24.3 Å². The molecule has 0 radical (unpaired) electrons. The van der Waals surface area contributed by atoms with Crippen LogP contribution in [0.25, 0.3) is 0 Å². The Kier molecular flexibility index (Phi) is 6.57. The molecule has 0 aliphatic carbocycles. The third-order valence-electron chi connectivity index (χ3n) is 2.90. The first kappa shape index (κ1) is 15.7. The quantitative estimate of drug-likeness (QED) is 0.770. The molecule has 1 aromatic carbocycles. The van der Waals surface area contributed by atoms with Gasteiger partial charge in [0.15, 0.2) is 0 Å². The second-order valence-electron chi connectivity index (χ2n) is 5.39. The molecule has 3 heteroatoms. The van der Waals surface area contributed by atoms with E-state index in [1.807, 2.05) is 0 Å². The number of esters is 1. The third kappa shape index (κ3) is 6.39. The van der Waals surface area contributed by atoms with Crippen LogP contribution in [-0.4, -0.2) is 18.6 Å². The van der Waals surface area contributed by atoms with Gasteiger partial charge in [0.05, 0.1) is 13.0 Å². The van der Waals surface area contributed by atoms with Gasteiger partial charge < -0.3 is 10.5 Å². The van der Waals surface area contributed by atoms with Crippen molar-refractivity contribution in [3.63, 3.8) is 0 Å². The van der Waals surface area contributed by atoms with Crippen molar-refractivity contribution in [3.8, 4) is 0 Å². The molecule has 3 nitrogen and oxygen atoms in total. The minimum atomic E-state index is -0.216. The predicted molar refractivity (Wildman–Crippen MR) is 77.9 cm³/mol. The highest BCUT2D eigenvalue weighted by Crippen LogP contribution is 2.11. The SMILES string of the molecule is CCOC(=O)CC(N)Cc1ccc(CC(C)C)cc1. The van der Waals surface area contributed by atoms with Gasteiger partial charge in [-0.05, 0) is 36.8 Å². The van der Waals surface area contributed by atoms with E-state index in [1.165, 1.54) is 11.1 Å². The summed E-state index contributed by atoms with van der Waals surface area (Å²) in [4.78, 5) is 11.3. The molecule has 19 heavy (non-hydrogen) atoms. The molecule has 0 heterocycles.